The Bertz CT molecular complexity index is 758. The lowest BCUT2D eigenvalue weighted by Gasteiger charge is -2.27. The third-order valence-corrected chi connectivity index (χ3v) is 6.02. The van der Waals surface area contributed by atoms with Gasteiger partial charge in [0, 0.05) is 32.1 Å². The molecule has 2 fully saturated rings. The molecule has 0 spiro atoms. The van der Waals surface area contributed by atoms with Crippen molar-refractivity contribution in [2.75, 3.05) is 6.54 Å². The Hall–Kier alpha value is -2.62. The van der Waals surface area contributed by atoms with Crippen LogP contribution in [0.15, 0.2) is 60.7 Å². The number of carbonyl (C=O) groups excluding carboxylic acids is 2. The van der Waals surface area contributed by atoms with Crippen molar-refractivity contribution in [3.8, 4) is 0 Å². The molecule has 28 heavy (non-hydrogen) atoms. The quantitative estimate of drug-likeness (QED) is 0.764. The summed E-state index contributed by atoms with van der Waals surface area (Å²) in [6.45, 7) is 1.73. The van der Waals surface area contributed by atoms with E-state index < -0.39 is 0 Å². The van der Waals surface area contributed by atoms with Crippen molar-refractivity contribution in [2.24, 2.45) is 5.92 Å². The van der Waals surface area contributed by atoms with Crippen LogP contribution in [0.3, 0.4) is 0 Å². The number of likely N-dealkylation sites (tertiary alicyclic amines) is 1. The first-order chi connectivity index (χ1) is 13.7. The topological polar surface area (TPSA) is 40.6 Å². The smallest absolute Gasteiger partial charge is 0.228 e. The van der Waals surface area contributed by atoms with Gasteiger partial charge in [0.05, 0.1) is 5.92 Å². The summed E-state index contributed by atoms with van der Waals surface area (Å²) in [6.07, 6.45) is 4.92. The summed E-state index contributed by atoms with van der Waals surface area (Å²) < 4.78 is 0. The summed E-state index contributed by atoms with van der Waals surface area (Å²) in [5.41, 5.74) is 2.23. The van der Waals surface area contributed by atoms with Gasteiger partial charge in [-0.2, -0.15) is 0 Å². The molecule has 0 bridgehead atoms. The van der Waals surface area contributed by atoms with Gasteiger partial charge in [-0.05, 0) is 24.0 Å². The fourth-order valence-corrected chi connectivity index (χ4v) is 4.54. The first kappa shape index (κ1) is 18.7. The van der Waals surface area contributed by atoms with Crippen LogP contribution in [0.25, 0.3) is 0 Å². The number of hydrogen-bond donors (Lipinski definition) is 0. The molecule has 1 unspecified atom stereocenters. The lowest BCUT2D eigenvalue weighted by molar-refractivity contribution is -0.137. The van der Waals surface area contributed by atoms with Crippen molar-refractivity contribution in [3.05, 3.63) is 71.8 Å². The van der Waals surface area contributed by atoms with Gasteiger partial charge >= 0.3 is 0 Å². The Morgan fingerprint density at radius 1 is 0.893 bits per heavy atom. The van der Waals surface area contributed by atoms with Gasteiger partial charge in [-0.15, -0.1) is 0 Å². The molecule has 0 radical (unpaired) electrons. The molecule has 0 aromatic heterocycles. The molecule has 4 heteroatoms. The summed E-state index contributed by atoms with van der Waals surface area (Å²) in [4.78, 5) is 29.9. The molecular weight excluding hydrogens is 348 g/mol. The van der Waals surface area contributed by atoms with Crippen LogP contribution in [0.2, 0.25) is 0 Å². The van der Waals surface area contributed by atoms with Gasteiger partial charge < -0.3 is 9.80 Å². The molecule has 1 atom stereocenters. The maximum Gasteiger partial charge on any atom is 0.228 e. The van der Waals surface area contributed by atoms with Crippen LogP contribution in [0.5, 0.6) is 0 Å². The Morgan fingerprint density at radius 3 is 1.96 bits per heavy atom. The second kappa shape index (κ2) is 8.59. The zero-order valence-corrected chi connectivity index (χ0v) is 16.3. The number of nitrogens with zero attached hydrogens (tertiary/aromatic N) is 2. The average molecular weight is 377 g/mol. The normalized spacial score (nSPS) is 19.9. The van der Waals surface area contributed by atoms with E-state index in [1.807, 2.05) is 46.2 Å². The number of amides is 2. The Balaban J connectivity index is 1.50. The van der Waals surface area contributed by atoms with E-state index in [2.05, 4.69) is 24.3 Å². The van der Waals surface area contributed by atoms with Crippen molar-refractivity contribution in [2.45, 2.75) is 51.2 Å². The van der Waals surface area contributed by atoms with Gasteiger partial charge in [-0.1, -0.05) is 73.5 Å². The average Bonchev–Trinajstić information content (AvgIpc) is 3.38. The third-order valence-electron chi connectivity index (χ3n) is 6.02. The minimum atomic E-state index is -0.222. The Kier molecular flexibility index (Phi) is 5.75. The van der Waals surface area contributed by atoms with Gasteiger partial charge in [-0.25, -0.2) is 0 Å². The van der Waals surface area contributed by atoms with E-state index in [0.29, 0.717) is 32.1 Å². The van der Waals surface area contributed by atoms with E-state index in [0.717, 1.165) is 24.0 Å². The maximum absolute atomic E-state index is 13.4. The molecule has 1 aliphatic heterocycles. The second-order valence-corrected chi connectivity index (χ2v) is 8.05. The van der Waals surface area contributed by atoms with E-state index >= 15 is 0 Å². The van der Waals surface area contributed by atoms with E-state index in [1.54, 1.807) is 0 Å². The molecule has 4 rings (SSSR count). The first-order valence-corrected chi connectivity index (χ1v) is 10.4. The number of benzene rings is 2. The lowest BCUT2D eigenvalue weighted by atomic mass is 10.1. The summed E-state index contributed by atoms with van der Waals surface area (Å²) in [5, 5.41) is 0. The SMILES string of the molecule is O=C(C1CC(=O)N(C2CCCC2)C1)N(Cc1ccccc1)Cc1ccccc1. The molecule has 0 N–H and O–H groups in total. The van der Waals surface area contributed by atoms with Crippen molar-refractivity contribution < 1.29 is 9.59 Å². The molecule has 4 nitrogen and oxygen atoms in total. The van der Waals surface area contributed by atoms with E-state index in [1.165, 1.54) is 12.8 Å². The molecule has 2 aromatic rings. The van der Waals surface area contributed by atoms with Crippen LogP contribution in [-0.4, -0.2) is 34.2 Å². The minimum Gasteiger partial charge on any atom is -0.339 e. The second-order valence-electron chi connectivity index (χ2n) is 8.05. The summed E-state index contributed by atoms with van der Waals surface area (Å²) in [6, 6.07) is 20.5. The molecule has 2 aliphatic rings. The highest BCUT2D eigenvalue weighted by molar-refractivity contribution is 5.89. The highest BCUT2D eigenvalue weighted by Gasteiger charge is 2.40. The lowest BCUT2D eigenvalue weighted by Crippen LogP contribution is -2.38. The molecule has 2 amide bonds. The van der Waals surface area contributed by atoms with Gasteiger partial charge in [0.2, 0.25) is 11.8 Å². The molecule has 1 heterocycles. The standard InChI is InChI=1S/C24H28N2O2/c27-23-15-21(18-26(23)22-13-7-8-14-22)24(28)25(16-19-9-3-1-4-10-19)17-20-11-5-2-6-12-20/h1-6,9-12,21-22H,7-8,13-18H2. The monoisotopic (exact) mass is 376 g/mol. The molecule has 1 saturated carbocycles. The predicted molar refractivity (Wildman–Crippen MR) is 109 cm³/mol. The van der Waals surface area contributed by atoms with Crippen LogP contribution in [-0.2, 0) is 22.7 Å². The number of carbonyl (C=O) groups is 2. The molecular formula is C24H28N2O2. The summed E-state index contributed by atoms with van der Waals surface area (Å²) in [7, 11) is 0. The maximum atomic E-state index is 13.4. The van der Waals surface area contributed by atoms with Crippen LogP contribution in [0, 0.1) is 5.92 Å². The third kappa shape index (κ3) is 4.27. The van der Waals surface area contributed by atoms with E-state index in [9.17, 15) is 9.59 Å². The van der Waals surface area contributed by atoms with Crippen molar-refractivity contribution in [3.63, 3.8) is 0 Å². The predicted octanol–water partition coefficient (Wildman–Crippen LogP) is 4.01. The van der Waals surface area contributed by atoms with Gasteiger partial charge in [0.25, 0.3) is 0 Å². The van der Waals surface area contributed by atoms with Gasteiger partial charge in [0.15, 0.2) is 0 Å². The molecule has 1 aliphatic carbocycles. The van der Waals surface area contributed by atoms with Crippen molar-refractivity contribution in [1.29, 1.82) is 0 Å². The van der Waals surface area contributed by atoms with Gasteiger partial charge in [-0.3, -0.25) is 9.59 Å². The Labute approximate surface area is 167 Å². The van der Waals surface area contributed by atoms with Crippen LogP contribution >= 0.6 is 0 Å². The minimum absolute atomic E-state index is 0.0987. The van der Waals surface area contributed by atoms with Gasteiger partial charge in [0.1, 0.15) is 0 Å². The van der Waals surface area contributed by atoms with Crippen LogP contribution < -0.4 is 0 Å². The summed E-state index contributed by atoms with van der Waals surface area (Å²) >= 11 is 0. The zero-order chi connectivity index (χ0) is 19.3. The first-order valence-electron chi connectivity index (χ1n) is 10.4. The molecule has 2 aromatic carbocycles. The van der Waals surface area contributed by atoms with Crippen molar-refractivity contribution >= 4 is 11.8 Å². The molecule has 1 saturated heterocycles. The van der Waals surface area contributed by atoms with Crippen LogP contribution in [0.1, 0.15) is 43.2 Å². The zero-order valence-electron chi connectivity index (χ0n) is 16.3. The fraction of sp³-hybridized carbons (Fsp3) is 0.417. The molecule has 146 valence electrons. The summed E-state index contributed by atoms with van der Waals surface area (Å²) in [5.74, 6) is 0.0340. The van der Waals surface area contributed by atoms with Crippen LogP contribution in [0.4, 0.5) is 0 Å². The van der Waals surface area contributed by atoms with E-state index in [4.69, 9.17) is 0 Å². The van der Waals surface area contributed by atoms with Crippen molar-refractivity contribution in [1.82, 2.24) is 9.80 Å². The number of hydrogen-bond acceptors (Lipinski definition) is 2. The van der Waals surface area contributed by atoms with E-state index in [-0.39, 0.29) is 17.7 Å². The highest BCUT2D eigenvalue weighted by atomic mass is 16.2. The largest absolute Gasteiger partial charge is 0.339 e. The fourth-order valence-electron chi connectivity index (χ4n) is 4.54. The highest BCUT2D eigenvalue weighted by Crippen LogP contribution is 2.30. The number of rotatable bonds is 6. The Morgan fingerprint density at radius 2 is 1.43 bits per heavy atom.